The Morgan fingerprint density at radius 3 is 2.29 bits per heavy atom. The van der Waals surface area contributed by atoms with Gasteiger partial charge in [0.1, 0.15) is 0 Å². The average Bonchev–Trinajstić information content (AvgIpc) is 1.65. The van der Waals surface area contributed by atoms with Crippen LogP contribution in [0.4, 0.5) is 0 Å². The molecule has 0 saturated carbocycles. The molecule has 1 amide bonds. The van der Waals surface area contributed by atoms with E-state index in [2.05, 4.69) is 5.84 Å². The van der Waals surface area contributed by atoms with Crippen LogP contribution in [0.25, 0.3) is 0 Å². The van der Waals surface area contributed by atoms with E-state index in [4.69, 9.17) is 5.41 Å². The number of hydrogen-bond donors (Lipinski definition) is 3. The molecule has 0 aromatic carbocycles. The van der Waals surface area contributed by atoms with E-state index in [1.807, 2.05) is 0 Å². The Bertz CT molecular complexity index is 73.3. The summed E-state index contributed by atoms with van der Waals surface area (Å²) in [6.45, 7) is 0. The second-order valence-corrected chi connectivity index (χ2v) is 0.653. The molecule has 0 spiro atoms. The minimum absolute atomic E-state index is 0. The van der Waals surface area contributed by atoms with Gasteiger partial charge in [-0.25, -0.2) is 5.84 Å². The van der Waals surface area contributed by atoms with Crippen LogP contribution in [0, 0.1) is 5.41 Å². The van der Waals surface area contributed by atoms with Gasteiger partial charge in [0, 0.05) is 0 Å². The van der Waals surface area contributed by atoms with Crippen LogP contribution in [0.2, 0.25) is 0 Å². The third-order valence-corrected chi connectivity index (χ3v) is 0.273. The van der Waals surface area contributed by atoms with E-state index in [-0.39, 0.29) is 12.4 Å². The molecule has 0 heterocycles. The first-order valence-electron chi connectivity index (χ1n) is 1.32. The van der Waals surface area contributed by atoms with Gasteiger partial charge in [0.25, 0.3) is 5.91 Å². The van der Waals surface area contributed by atoms with Crippen molar-refractivity contribution in [1.82, 2.24) is 5.43 Å². The highest BCUT2D eigenvalue weighted by Crippen LogP contribution is 1.40. The topological polar surface area (TPSA) is 79.0 Å². The molecule has 0 aromatic rings. The van der Waals surface area contributed by atoms with Crippen molar-refractivity contribution in [3.05, 3.63) is 0 Å². The molecule has 0 fully saturated rings. The zero-order valence-corrected chi connectivity index (χ0v) is 4.29. The van der Waals surface area contributed by atoms with Gasteiger partial charge in [-0.3, -0.25) is 10.2 Å². The van der Waals surface area contributed by atoms with Crippen LogP contribution in [-0.4, -0.2) is 12.1 Å². The standard InChI is InChI=1S/C2H5N3O.ClH/c3-1-2(6)5-4;/h1,3H,4H2,(H,5,6);1H. The number of carbonyl (C=O) groups is 1. The van der Waals surface area contributed by atoms with Crippen molar-refractivity contribution in [1.29, 1.82) is 5.41 Å². The zero-order valence-electron chi connectivity index (χ0n) is 3.47. The Balaban J connectivity index is 0. The van der Waals surface area contributed by atoms with E-state index >= 15 is 0 Å². The molecule has 0 atom stereocenters. The van der Waals surface area contributed by atoms with Crippen LogP contribution in [0.15, 0.2) is 0 Å². The molecule has 0 radical (unpaired) electrons. The lowest BCUT2D eigenvalue weighted by molar-refractivity contribution is -0.114. The average molecular weight is 124 g/mol. The van der Waals surface area contributed by atoms with Crippen LogP contribution >= 0.6 is 12.4 Å². The van der Waals surface area contributed by atoms with Crippen LogP contribution < -0.4 is 11.3 Å². The molecule has 7 heavy (non-hydrogen) atoms. The number of halogens is 1. The van der Waals surface area contributed by atoms with Crippen molar-refractivity contribution in [3.63, 3.8) is 0 Å². The molecule has 0 aromatic heterocycles. The van der Waals surface area contributed by atoms with Crippen LogP contribution in [0.1, 0.15) is 0 Å². The lowest BCUT2D eigenvalue weighted by atomic mass is 10.7. The number of rotatable bonds is 1. The number of amides is 1. The smallest absolute Gasteiger partial charge is 0.275 e. The Hall–Kier alpha value is -0.610. The second-order valence-electron chi connectivity index (χ2n) is 0.653. The van der Waals surface area contributed by atoms with Gasteiger partial charge in [-0.2, -0.15) is 0 Å². The van der Waals surface area contributed by atoms with Gasteiger partial charge >= 0.3 is 0 Å². The quantitative estimate of drug-likeness (QED) is 0.182. The maximum absolute atomic E-state index is 9.70. The summed E-state index contributed by atoms with van der Waals surface area (Å²) in [6.07, 6.45) is 0.597. The normalized spacial score (nSPS) is 5.86. The van der Waals surface area contributed by atoms with Crippen LogP contribution in [0.3, 0.4) is 0 Å². The summed E-state index contributed by atoms with van der Waals surface area (Å²) in [5, 5.41) is 6.19. The van der Waals surface area contributed by atoms with Gasteiger partial charge in [0.15, 0.2) is 0 Å². The van der Waals surface area contributed by atoms with E-state index < -0.39 is 5.91 Å². The van der Waals surface area contributed by atoms with E-state index in [9.17, 15) is 4.79 Å². The van der Waals surface area contributed by atoms with Gasteiger partial charge in [0.05, 0.1) is 6.21 Å². The predicted molar refractivity (Wildman–Crippen MR) is 28.4 cm³/mol. The minimum atomic E-state index is -0.588. The molecular formula is C2H6ClN3O. The van der Waals surface area contributed by atoms with Crippen molar-refractivity contribution in [3.8, 4) is 0 Å². The van der Waals surface area contributed by atoms with Gasteiger partial charge in [-0.1, -0.05) is 0 Å². The summed E-state index contributed by atoms with van der Waals surface area (Å²) >= 11 is 0. The molecule has 0 aliphatic carbocycles. The SMILES string of the molecule is Cl.N=CC(=O)NN. The number of nitrogens with two attached hydrogens (primary N) is 1. The molecule has 5 heteroatoms. The molecule has 4 nitrogen and oxygen atoms in total. The molecule has 4 N–H and O–H groups in total. The molecule has 0 saturated heterocycles. The van der Waals surface area contributed by atoms with Gasteiger partial charge in [-0.15, -0.1) is 12.4 Å². The number of hydrogen-bond acceptors (Lipinski definition) is 3. The van der Waals surface area contributed by atoms with Crippen molar-refractivity contribution in [2.75, 3.05) is 0 Å². The van der Waals surface area contributed by atoms with Crippen LogP contribution in [0.5, 0.6) is 0 Å². The number of hydrazine groups is 1. The molecular weight excluding hydrogens is 117 g/mol. The lowest BCUT2D eigenvalue weighted by Crippen LogP contribution is -2.30. The molecule has 0 aliphatic heterocycles. The molecule has 42 valence electrons. The highest BCUT2D eigenvalue weighted by Gasteiger charge is 1.81. The molecule has 0 bridgehead atoms. The fraction of sp³-hybridized carbons (Fsp3) is 0. The lowest BCUT2D eigenvalue weighted by Gasteiger charge is -1.81. The number of carbonyl (C=O) groups excluding carboxylic acids is 1. The minimum Gasteiger partial charge on any atom is -0.303 e. The Morgan fingerprint density at radius 1 is 1.86 bits per heavy atom. The van der Waals surface area contributed by atoms with Gasteiger partial charge < -0.3 is 5.41 Å². The molecule has 0 rings (SSSR count). The highest BCUT2D eigenvalue weighted by molar-refractivity contribution is 6.24. The third kappa shape index (κ3) is 5.39. The summed E-state index contributed by atoms with van der Waals surface area (Å²) in [5.74, 6) is 3.94. The van der Waals surface area contributed by atoms with Crippen LogP contribution in [-0.2, 0) is 4.79 Å². The van der Waals surface area contributed by atoms with Crippen molar-refractivity contribution >= 4 is 24.5 Å². The first kappa shape index (κ1) is 9.63. The van der Waals surface area contributed by atoms with E-state index in [1.165, 1.54) is 0 Å². The van der Waals surface area contributed by atoms with Crippen molar-refractivity contribution in [2.45, 2.75) is 0 Å². The molecule has 0 aliphatic rings. The van der Waals surface area contributed by atoms with Crippen molar-refractivity contribution < 1.29 is 4.79 Å². The predicted octanol–water partition coefficient (Wildman–Crippen LogP) is -0.952. The zero-order chi connectivity index (χ0) is 4.99. The first-order valence-corrected chi connectivity index (χ1v) is 1.32. The fourth-order valence-corrected chi connectivity index (χ4v) is 0.0417. The van der Waals surface area contributed by atoms with E-state index in [1.54, 1.807) is 5.43 Å². The second kappa shape index (κ2) is 5.39. The van der Waals surface area contributed by atoms with Gasteiger partial charge in [0.2, 0.25) is 0 Å². The number of nitrogens with one attached hydrogen (secondary N) is 2. The Morgan fingerprint density at radius 2 is 2.29 bits per heavy atom. The van der Waals surface area contributed by atoms with Gasteiger partial charge in [-0.05, 0) is 0 Å². The Kier molecular flexibility index (Phi) is 7.42. The maximum atomic E-state index is 9.70. The summed E-state index contributed by atoms with van der Waals surface area (Å²) < 4.78 is 0. The largest absolute Gasteiger partial charge is 0.303 e. The summed E-state index contributed by atoms with van der Waals surface area (Å²) in [5.41, 5.74) is 1.73. The van der Waals surface area contributed by atoms with E-state index in [0.29, 0.717) is 6.21 Å². The highest BCUT2D eigenvalue weighted by atomic mass is 35.5. The van der Waals surface area contributed by atoms with Crippen molar-refractivity contribution in [2.24, 2.45) is 5.84 Å². The first-order chi connectivity index (χ1) is 2.81. The third-order valence-electron chi connectivity index (χ3n) is 0.273. The summed E-state index contributed by atoms with van der Waals surface area (Å²) in [4.78, 5) is 9.70. The molecule has 0 unspecified atom stereocenters. The summed E-state index contributed by atoms with van der Waals surface area (Å²) in [7, 11) is 0. The fourth-order valence-electron chi connectivity index (χ4n) is 0.0417. The summed E-state index contributed by atoms with van der Waals surface area (Å²) in [6, 6.07) is 0. The van der Waals surface area contributed by atoms with E-state index in [0.717, 1.165) is 0 Å². The Labute approximate surface area is 47.0 Å². The monoisotopic (exact) mass is 123 g/mol. The maximum Gasteiger partial charge on any atom is 0.275 e.